The third-order valence-corrected chi connectivity index (χ3v) is 12.3. The van der Waals surface area contributed by atoms with E-state index in [2.05, 4.69) is 123 Å². The highest BCUT2D eigenvalue weighted by Gasteiger charge is 2.47. The van der Waals surface area contributed by atoms with Gasteiger partial charge in [-0.25, -0.2) is 0 Å². The predicted molar refractivity (Wildman–Crippen MR) is 288 cm³/mol. The number of rotatable bonds is 42. The fourth-order valence-electron chi connectivity index (χ4n) is 7.84. The SMILES string of the molecule is CC/C=C\C/C=C\C/C=C\C/C=C\C/C=C\C/C=C\CCCOCC(COC1OC(COC2OC(CO)C(O)C(O)C2O)C(O)C(O)C1O)OC(=O)CCCCCCCC/C=C\C/C=C\C/C=C\CCCCC. The molecule has 0 spiro atoms. The van der Waals surface area contributed by atoms with Crippen LogP contribution in [0.25, 0.3) is 0 Å². The maximum Gasteiger partial charge on any atom is 0.306 e. The van der Waals surface area contributed by atoms with Gasteiger partial charge in [0.15, 0.2) is 12.6 Å². The Morgan fingerprint density at radius 1 is 0.466 bits per heavy atom. The lowest BCUT2D eigenvalue weighted by atomic mass is 9.98. The molecule has 73 heavy (non-hydrogen) atoms. The molecule has 416 valence electrons. The van der Waals surface area contributed by atoms with Crippen molar-refractivity contribution in [3.8, 4) is 0 Å². The van der Waals surface area contributed by atoms with Crippen molar-refractivity contribution in [1.29, 1.82) is 0 Å². The topological polar surface area (TPSA) is 214 Å². The van der Waals surface area contributed by atoms with Crippen molar-refractivity contribution in [3.05, 3.63) is 109 Å². The number of carbonyl (C=O) groups excluding carboxylic acids is 1. The smallest absolute Gasteiger partial charge is 0.306 e. The molecule has 2 aliphatic heterocycles. The van der Waals surface area contributed by atoms with Crippen molar-refractivity contribution in [3.63, 3.8) is 0 Å². The van der Waals surface area contributed by atoms with Gasteiger partial charge < -0.3 is 64.2 Å². The number of unbranched alkanes of at least 4 members (excludes halogenated alkanes) is 10. The van der Waals surface area contributed by atoms with Crippen LogP contribution in [0.3, 0.4) is 0 Å². The summed E-state index contributed by atoms with van der Waals surface area (Å²) in [4.78, 5) is 13.0. The van der Waals surface area contributed by atoms with Crippen LogP contribution >= 0.6 is 0 Å². The molecular formula is C59H96O14. The molecule has 0 aromatic carbocycles. The third-order valence-electron chi connectivity index (χ3n) is 12.3. The summed E-state index contributed by atoms with van der Waals surface area (Å²) in [6.07, 6.45) is 44.4. The monoisotopic (exact) mass is 1030 g/mol. The quantitative estimate of drug-likeness (QED) is 0.0173. The van der Waals surface area contributed by atoms with Crippen LogP contribution in [0.15, 0.2) is 109 Å². The van der Waals surface area contributed by atoms with Crippen molar-refractivity contribution in [2.75, 3.05) is 33.0 Å². The minimum atomic E-state index is -1.73. The minimum absolute atomic E-state index is 0.00834. The van der Waals surface area contributed by atoms with E-state index in [1.165, 1.54) is 25.7 Å². The fourth-order valence-corrected chi connectivity index (χ4v) is 7.84. The van der Waals surface area contributed by atoms with E-state index in [1.54, 1.807) is 0 Å². The average molecular weight is 1030 g/mol. The maximum absolute atomic E-state index is 13.0. The molecule has 2 fully saturated rings. The van der Waals surface area contributed by atoms with Gasteiger partial charge in [-0.05, 0) is 96.3 Å². The summed E-state index contributed by atoms with van der Waals surface area (Å²) in [5.41, 5.74) is 0. The minimum Gasteiger partial charge on any atom is -0.457 e. The second kappa shape index (κ2) is 44.9. The number of ether oxygens (including phenoxy) is 6. The predicted octanol–water partition coefficient (Wildman–Crippen LogP) is 9.18. The number of aliphatic hydroxyl groups is 7. The summed E-state index contributed by atoms with van der Waals surface area (Å²) in [6, 6.07) is 0. The Balaban J connectivity index is 1.79. The second-order valence-electron chi connectivity index (χ2n) is 18.7. The zero-order valence-corrected chi connectivity index (χ0v) is 44.3. The molecule has 11 atom stereocenters. The largest absolute Gasteiger partial charge is 0.457 e. The van der Waals surface area contributed by atoms with E-state index in [1.807, 2.05) is 0 Å². The van der Waals surface area contributed by atoms with E-state index in [0.717, 1.165) is 103 Å². The van der Waals surface area contributed by atoms with Crippen LogP contribution in [0.1, 0.15) is 155 Å². The Morgan fingerprint density at radius 3 is 1.40 bits per heavy atom. The van der Waals surface area contributed by atoms with Crippen molar-refractivity contribution in [1.82, 2.24) is 0 Å². The first-order chi connectivity index (χ1) is 35.6. The zero-order valence-electron chi connectivity index (χ0n) is 44.3. The molecule has 2 heterocycles. The van der Waals surface area contributed by atoms with Crippen molar-refractivity contribution in [2.24, 2.45) is 0 Å². The first-order valence-electron chi connectivity index (χ1n) is 27.5. The van der Waals surface area contributed by atoms with Gasteiger partial charge in [0.2, 0.25) is 0 Å². The highest BCUT2D eigenvalue weighted by atomic mass is 16.7. The number of hydrogen-bond donors (Lipinski definition) is 7. The van der Waals surface area contributed by atoms with Crippen LogP contribution in [0.5, 0.6) is 0 Å². The lowest BCUT2D eigenvalue weighted by molar-refractivity contribution is -0.332. The molecule has 0 amide bonds. The first-order valence-corrected chi connectivity index (χ1v) is 27.5. The van der Waals surface area contributed by atoms with Crippen LogP contribution in [0.4, 0.5) is 0 Å². The number of carbonyl (C=O) groups is 1. The van der Waals surface area contributed by atoms with Gasteiger partial charge in [0.25, 0.3) is 0 Å². The zero-order chi connectivity index (χ0) is 53.0. The number of allylic oxidation sites excluding steroid dienone is 18. The molecule has 0 aliphatic carbocycles. The van der Waals surface area contributed by atoms with E-state index >= 15 is 0 Å². The summed E-state index contributed by atoms with van der Waals surface area (Å²) in [5.74, 6) is -0.413. The Labute approximate surface area is 438 Å². The summed E-state index contributed by atoms with van der Waals surface area (Å²) in [7, 11) is 0. The van der Waals surface area contributed by atoms with Gasteiger partial charge >= 0.3 is 5.97 Å². The molecule has 14 nitrogen and oxygen atoms in total. The molecule has 2 aliphatic rings. The highest BCUT2D eigenvalue weighted by molar-refractivity contribution is 5.69. The van der Waals surface area contributed by atoms with Gasteiger partial charge in [0.1, 0.15) is 54.9 Å². The maximum atomic E-state index is 13.0. The van der Waals surface area contributed by atoms with Gasteiger partial charge in [-0.2, -0.15) is 0 Å². The van der Waals surface area contributed by atoms with Crippen LogP contribution in [0.2, 0.25) is 0 Å². The van der Waals surface area contributed by atoms with E-state index < -0.39 is 86.7 Å². The van der Waals surface area contributed by atoms with Crippen LogP contribution < -0.4 is 0 Å². The van der Waals surface area contributed by atoms with Crippen LogP contribution in [0, 0.1) is 0 Å². The fraction of sp³-hybridized carbons (Fsp3) is 0.678. The van der Waals surface area contributed by atoms with E-state index in [0.29, 0.717) is 13.0 Å². The molecule has 0 saturated carbocycles. The number of aliphatic hydroxyl groups excluding tert-OH is 7. The van der Waals surface area contributed by atoms with Gasteiger partial charge in [-0.3, -0.25) is 4.79 Å². The lowest BCUT2D eigenvalue weighted by Gasteiger charge is -2.42. The number of esters is 1. The molecule has 11 unspecified atom stereocenters. The number of hydrogen-bond acceptors (Lipinski definition) is 14. The molecule has 0 bridgehead atoms. The first kappa shape index (κ1) is 65.8. The van der Waals surface area contributed by atoms with Crippen molar-refractivity contribution in [2.45, 2.75) is 223 Å². The molecule has 0 radical (unpaired) electrons. The molecule has 7 N–H and O–H groups in total. The normalized spacial score (nSPS) is 25.8. The van der Waals surface area contributed by atoms with Gasteiger partial charge in [-0.1, -0.05) is 162 Å². The molecular weight excluding hydrogens is 933 g/mol. The van der Waals surface area contributed by atoms with Gasteiger partial charge in [0.05, 0.1) is 26.4 Å². The Hall–Kier alpha value is -3.35. The summed E-state index contributed by atoms with van der Waals surface area (Å²) in [6.45, 7) is 3.34. The Bertz CT molecular complexity index is 1620. The molecule has 0 aromatic rings. The van der Waals surface area contributed by atoms with Crippen LogP contribution in [-0.4, -0.2) is 142 Å². The molecule has 2 rings (SSSR count). The van der Waals surface area contributed by atoms with Crippen LogP contribution in [-0.2, 0) is 33.2 Å². The second-order valence-corrected chi connectivity index (χ2v) is 18.7. The standard InChI is InChI=1S/C59H96O14/c1-3-5-7-9-11-13-15-17-19-21-23-25-27-29-31-33-35-37-39-41-43-68-45-48(71-51(61)42-40-38-36-34-32-30-28-26-24-22-20-18-16-14-12-10-8-6-4-2)46-69-58-57(67)55(65)53(63)50(73-58)47-70-59-56(66)54(64)52(62)49(44-60)72-59/h5,7,11-14,17-20,23-26,29,31,35,37,48-50,52-60,62-67H,3-4,6,8-10,15-16,21-22,27-28,30,32-34,36,38-47H2,1-2H3/b7-5-,13-11-,14-12-,19-17-,20-18-,25-23-,26-24-,31-29-,37-35-. The van der Waals surface area contributed by atoms with E-state index in [-0.39, 0.29) is 19.6 Å². The summed E-state index contributed by atoms with van der Waals surface area (Å²) in [5, 5.41) is 72.3. The van der Waals surface area contributed by atoms with Crippen molar-refractivity contribution < 1.29 is 69.0 Å². The Morgan fingerprint density at radius 2 is 0.890 bits per heavy atom. The Kier molecular flexibility index (Phi) is 40.4. The summed E-state index contributed by atoms with van der Waals surface area (Å²) >= 11 is 0. The molecule has 2 saturated heterocycles. The molecule has 0 aromatic heterocycles. The molecule has 14 heteroatoms. The lowest BCUT2D eigenvalue weighted by Crippen LogP contribution is -2.61. The van der Waals surface area contributed by atoms with Gasteiger partial charge in [-0.15, -0.1) is 0 Å². The van der Waals surface area contributed by atoms with E-state index in [9.17, 15) is 40.5 Å². The van der Waals surface area contributed by atoms with E-state index in [4.69, 9.17) is 28.4 Å². The third kappa shape index (κ3) is 32.0. The summed E-state index contributed by atoms with van der Waals surface area (Å²) < 4.78 is 34.2. The highest BCUT2D eigenvalue weighted by Crippen LogP contribution is 2.26. The average Bonchev–Trinajstić information content (AvgIpc) is 3.39. The van der Waals surface area contributed by atoms with Gasteiger partial charge in [0, 0.05) is 13.0 Å². The van der Waals surface area contributed by atoms with Crippen molar-refractivity contribution >= 4 is 5.97 Å².